The van der Waals surface area contributed by atoms with E-state index in [-0.39, 0.29) is 5.91 Å². The Morgan fingerprint density at radius 3 is 2.70 bits per heavy atom. The second kappa shape index (κ2) is 7.54. The molecule has 1 atom stereocenters. The van der Waals surface area contributed by atoms with E-state index in [2.05, 4.69) is 40.0 Å². The highest BCUT2D eigenvalue weighted by Gasteiger charge is 2.24. The highest BCUT2D eigenvalue weighted by atomic mass is 79.9. The Morgan fingerprint density at radius 2 is 2.15 bits per heavy atom. The molecule has 0 radical (unpaired) electrons. The molecule has 6 heteroatoms. The van der Waals surface area contributed by atoms with E-state index in [9.17, 15) is 4.79 Å². The van der Waals surface area contributed by atoms with Crippen LogP contribution in [0.25, 0.3) is 0 Å². The molecule has 1 fully saturated rings. The fourth-order valence-corrected chi connectivity index (χ4v) is 3.72. The number of carbonyl (C=O) groups is 1. The Balaban J connectivity index is 1.90. The number of thiophene rings is 1. The molecule has 1 amide bonds. The van der Waals surface area contributed by atoms with E-state index < -0.39 is 0 Å². The predicted octanol–water partition coefficient (Wildman–Crippen LogP) is 2.60. The van der Waals surface area contributed by atoms with Crippen LogP contribution in [0.15, 0.2) is 15.9 Å². The summed E-state index contributed by atoms with van der Waals surface area (Å²) < 4.78 is 6.38. The lowest BCUT2D eigenvalue weighted by molar-refractivity contribution is 0.00674. The number of nitrogens with one attached hydrogen (secondary N) is 1. The van der Waals surface area contributed by atoms with Crippen LogP contribution in [0, 0.1) is 5.92 Å². The minimum atomic E-state index is 0.0135. The summed E-state index contributed by atoms with van der Waals surface area (Å²) in [5.74, 6) is 0.517. The first-order chi connectivity index (χ1) is 9.58. The minimum Gasteiger partial charge on any atom is -0.379 e. The first kappa shape index (κ1) is 15.9. The topological polar surface area (TPSA) is 41.6 Å². The van der Waals surface area contributed by atoms with E-state index in [0.717, 1.165) is 35.0 Å². The smallest absolute Gasteiger partial charge is 0.261 e. The fraction of sp³-hybridized carbons (Fsp3) is 0.643. The summed E-state index contributed by atoms with van der Waals surface area (Å²) >= 11 is 4.85. The van der Waals surface area contributed by atoms with Crippen LogP contribution >= 0.6 is 27.3 Å². The van der Waals surface area contributed by atoms with E-state index in [1.807, 2.05) is 12.1 Å². The molecule has 2 rings (SSSR count). The molecule has 20 heavy (non-hydrogen) atoms. The average molecular weight is 361 g/mol. The Morgan fingerprint density at radius 1 is 1.45 bits per heavy atom. The van der Waals surface area contributed by atoms with Crippen molar-refractivity contribution >= 4 is 33.2 Å². The van der Waals surface area contributed by atoms with Crippen LogP contribution in [0.5, 0.6) is 0 Å². The van der Waals surface area contributed by atoms with E-state index in [0.29, 0.717) is 18.5 Å². The summed E-state index contributed by atoms with van der Waals surface area (Å²) in [6.07, 6.45) is 0. The summed E-state index contributed by atoms with van der Waals surface area (Å²) in [6.45, 7) is 8.56. The number of ether oxygens (including phenoxy) is 1. The van der Waals surface area contributed by atoms with Gasteiger partial charge in [0.25, 0.3) is 5.91 Å². The van der Waals surface area contributed by atoms with Gasteiger partial charge in [-0.3, -0.25) is 9.69 Å². The van der Waals surface area contributed by atoms with Crippen molar-refractivity contribution in [3.63, 3.8) is 0 Å². The Bertz CT molecular complexity index is 444. The highest BCUT2D eigenvalue weighted by molar-refractivity contribution is 9.11. The van der Waals surface area contributed by atoms with E-state index in [1.165, 1.54) is 11.3 Å². The van der Waals surface area contributed by atoms with Gasteiger partial charge < -0.3 is 10.1 Å². The first-order valence-electron chi connectivity index (χ1n) is 6.93. The molecule has 1 aromatic rings. The molecule has 0 aromatic carbocycles. The van der Waals surface area contributed by atoms with Crippen molar-refractivity contribution in [2.45, 2.75) is 19.9 Å². The SMILES string of the molecule is CC(C)C(CNC(=O)c1ccc(Br)s1)N1CCOCC1. The third-order valence-electron chi connectivity index (χ3n) is 3.55. The van der Waals surface area contributed by atoms with Gasteiger partial charge in [0.15, 0.2) is 0 Å². The maximum absolute atomic E-state index is 12.1. The number of halogens is 1. The van der Waals surface area contributed by atoms with Gasteiger partial charge in [0.1, 0.15) is 0 Å². The molecule has 0 bridgehead atoms. The van der Waals surface area contributed by atoms with Crippen molar-refractivity contribution < 1.29 is 9.53 Å². The maximum atomic E-state index is 12.1. The standard InChI is InChI=1S/C14H21BrN2O2S/c1-10(2)11(17-5-7-19-8-6-17)9-16-14(18)12-3-4-13(15)20-12/h3-4,10-11H,5-9H2,1-2H3,(H,16,18). The quantitative estimate of drug-likeness (QED) is 0.877. The number of hydrogen-bond donors (Lipinski definition) is 1. The van der Waals surface area contributed by atoms with Gasteiger partial charge in [-0.05, 0) is 34.0 Å². The van der Waals surface area contributed by atoms with Gasteiger partial charge in [0.05, 0.1) is 21.9 Å². The first-order valence-corrected chi connectivity index (χ1v) is 8.54. The lowest BCUT2D eigenvalue weighted by Crippen LogP contribution is -2.51. The van der Waals surface area contributed by atoms with Gasteiger partial charge in [-0.25, -0.2) is 0 Å². The van der Waals surface area contributed by atoms with Crippen molar-refractivity contribution in [3.05, 3.63) is 20.8 Å². The molecule has 112 valence electrons. The van der Waals surface area contributed by atoms with Crippen LogP contribution in [0.1, 0.15) is 23.5 Å². The molecule has 1 saturated heterocycles. The number of nitrogens with zero attached hydrogens (tertiary/aromatic N) is 1. The summed E-state index contributed by atoms with van der Waals surface area (Å²) in [5, 5.41) is 3.06. The third-order valence-corrected chi connectivity index (χ3v) is 5.18. The molecule has 0 spiro atoms. The Hall–Kier alpha value is -0.430. The second-order valence-electron chi connectivity index (χ2n) is 5.27. The Kier molecular flexibility index (Phi) is 6.01. The van der Waals surface area contributed by atoms with Crippen molar-refractivity contribution in [2.24, 2.45) is 5.92 Å². The van der Waals surface area contributed by atoms with Crippen molar-refractivity contribution in [1.82, 2.24) is 10.2 Å². The molecular weight excluding hydrogens is 340 g/mol. The Labute approximate surface area is 132 Å². The normalized spacial score (nSPS) is 18.2. The zero-order chi connectivity index (χ0) is 14.5. The molecule has 1 aliphatic rings. The zero-order valence-electron chi connectivity index (χ0n) is 11.9. The largest absolute Gasteiger partial charge is 0.379 e. The predicted molar refractivity (Wildman–Crippen MR) is 85.4 cm³/mol. The number of hydrogen-bond acceptors (Lipinski definition) is 4. The van der Waals surface area contributed by atoms with E-state index in [1.54, 1.807) is 0 Å². The maximum Gasteiger partial charge on any atom is 0.261 e. The van der Waals surface area contributed by atoms with Crippen LogP contribution in [0.2, 0.25) is 0 Å². The van der Waals surface area contributed by atoms with Crippen LogP contribution < -0.4 is 5.32 Å². The summed E-state index contributed by atoms with van der Waals surface area (Å²) in [6, 6.07) is 4.12. The van der Waals surface area contributed by atoms with Crippen LogP contribution in [0.3, 0.4) is 0 Å². The molecule has 2 heterocycles. The molecule has 1 aromatic heterocycles. The third kappa shape index (κ3) is 4.28. The lowest BCUT2D eigenvalue weighted by atomic mass is 10.0. The van der Waals surface area contributed by atoms with Crippen molar-refractivity contribution in [2.75, 3.05) is 32.8 Å². The van der Waals surface area contributed by atoms with Gasteiger partial charge >= 0.3 is 0 Å². The van der Waals surface area contributed by atoms with Crippen molar-refractivity contribution in [1.29, 1.82) is 0 Å². The van der Waals surface area contributed by atoms with Gasteiger partial charge in [-0.2, -0.15) is 0 Å². The van der Waals surface area contributed by atoms with Gasteiger partial charge in [-0.1, -0.05) is 13.8 Å². The monoisotopic (exact) mass is 360 g/mol. The van der Waals surface area contributed by atoms with Gasteiger partial charge in [0.2, 0.25) is 0 Å². The second-order valence-corrected chi connectivity index (χ2v) is 7.74. The molecule has 4 nitrogen and oxygen atoms in total. The summed E-state index contributed by atoms with van der Waals surface area (Å²) in [5.41, 5.74) is 0. The van der Waals surface area contributed by atoms with Gasteiger partial charge in [-0.15, -0.1) is 11.3 Å². The number of morpholine rings is 1. The number of rotatable bonds is 5. The molecule has 0 saturated carbocycles. The molecule has 1 aliphatic heterocycles. The molecule has 1 N–H and O–H groups in total. The zero-order valence-corrected chi connectivity index (χ0v) is 14.3. The van der Waals surface area contributed by atoms with E-state index >= 15 is 0 Å². The molecule has 0 aliphatic carbocycles. The van der Waals surface area contributed by atoms with Crippen LogP contribution in [-0.2, 0) is 4.74 Å². The highest BCUT2D eigenvalue weighted by Crippen LogP contribution is 2.22. The van der Waals surface area contributed by atoms with Gasteiger partial charge in [0, 0.05) is 25.7 Å². The summed E-state index contributed by atoms with van der Waals surface area (Å²) in [7, 11) is 0. The number of carbonyl (C=O) groups excluding carboxylic acids is 1. The minimum absolute atomic E-state index is 0.0135. The molecular formula is C14H21BrN2O2S. The fourth-order valence-electron chi connectivity index (χ4n) is 2.42. The number of amides is 1. The average Bonchev–Trinajstić information content (AvgIpc) is 2.86. The lowest BCUT2D eigenvalue weighted by Gasteiger charge is -2.36. The van der Waals surface area contributed by atoms with Crippen LogP contribution in [-0.4, -0.2) is 49.7 Å². The van der Waals surface area contributed by atoms with Crippen LogP contribution in [0.4, 0.5) is 0 Å². The molecule has 1 unspecified atom stereocenters. The van der Waals surface area contributed by atoms with E-state index in [4.69, 9.17) is 4.74 Å². The summed E-state index contributed by atoms with van der Waals surface area (Å²) in [4.78, 5) is 15.3. The van der Waals surface area contributed by atoms with Crippen molar-refractivity contribution in [3.8, 4) is 0 Å².